The van der Waals surface area contributed by atoms with E-state index in [-0.39, 0.29) is 29.8 Å². The number of nitrogens with one attached hydrogen (secondary N) is 2. The predicted octanol–water partition coefficient (Wildman–Crippen LogP) is 3.32. The maximum atomic E-state index is 13.3. The third kappa shape index (κ3) is 3.64. The number of rotatable bonds is 6. The van der Waals surface area contributed by atoms with E-state index in [4.69, 9.17) is 0 Å². The minimum atomic E-state index is -0.313. The lowest BCUT2D eigenvalue weighted by atomic mass is 9.76. The second-order valence-corrected chi connectivity index (χ2v) is 7.77. The summed E-state index contributed by atoms with van der Waals surface area (Å²) in [6.45, 7) is 0. The van der Waals surface area contributed by atoms with Crippen LogP contribution in [0.15, 0.2) is 35.7 Å². The highest BCUT2D eigenvalue weighted by atomic mass is 32.1. The van der Waals surface area contributed by atoms with Gasteiger partial charge in [0.15, 0.2) is 0 Å². The SMILES string of the molecule is O=C(CCc1nc2ccc(F)cc2[nH]1)NC(c1cccs1)C1CC(O)C1. The molecule has 1 unspecified atom stereocenters. The molecule has 136 valence electrons. The van der Waals surface area contributed by atoms with E-state index in [1.54, 1.807) is 17.4 Å². The van der Waals surface area contributed by atoms with Crippen molar-refractivity contribution in [1.29, 1.82) is 0 Å². The number of hydrogen-bond donors (Lipinski definition) is 3. The van der Waals surface area contributed by atoms with Crippen molar-refractivity contribution < 1.29 is 14.3 Å². The highest BCUT2D eigenvalue weighted by molar-refractivity contribution is 7.10. The Labute approximate surface area is 154 Å². The quantitative estimate of drug-likeness (QED) is 0.620. The molecule has 1 aromatic carbocycles. The topological polar surface area (TPSA) is 78.0 Å². The van der Waals surface area contributed by atoms with Gasteiger partial charge in [-0.2, -0.15) is 0 Å². The smallest absolute Gasteiger partial charge is 0.220 e. The Morgan fingerprint density at radius 2 is 2.27 bits per heavy atom. The zero-order valence-corrected chi connectivity index (χ0v) is 14.9. The van der Waals surface area contributed by atoms with Crippen LogP contribution in [0.2, 0.25) is 0 Å². The predicted molar refractivity (Wildman–Crippen MR) is 98.3 cm³/mol. The first-order valence-corrected chi connectivity index (χ1v) is 9.61. The van der Waals surface area contributed by atoms with Crippen molar-refractivity contribution in [1.82, 2.24) is 15.3 Å². The van der Waals surface area contributed by atoms with Gasteiger partial charge in [0.05, 0.1) is 23.2 Å². The van der Waals surface area contributed by atoms with Gasteiger partial charge in [-0.15, -0.1) is 11.3 Å². The standard InChI is InChI=1S/C19H20FN3O2S/c20-12-3-4-14-15(10-12)22-17(21-14)5-6-18(25)23-19(11-8-13(24)9-11)16-2-1-7-26-16/h1-4,7,10-11,13,19,24H,5-6,8-9H2,(H,21,22)(H,23,25). The molecule has 0 radical (unpaired) electrons. The fourth-order valence-electron chi connectivity index (χ4n) is 3.42. The van der Waals surface area contributed by atoms with Gasteiger partial charge in [-0.05, 0) is 48.4 Å². The van der Waals surface area contributed by atoms with E-state index in [1.807, 2.05) is 17.5 Å². The van der Waals surface area contributed by atoms with Crippen LogP contribution in [0.4, 0.5) is 4.39 Å². The lowest BCUT2D eigenvalue weighted by Crippen LogP contribution is -2.41. The molecular formula is C19H20FN3O2S. The van der Waals surface area contributed by atoms with Crippen molar-refractivity contribution in [3.05, 3.63) is 52.2 Å². The number of fused-ring (bicyclic) bond motifs is 1. The molecule has 0 aliphatic heterocycles. The van der Waals surface area contributed by atoms with Crippen LogP contribution in [0.3, 0.4) is 0 Å². The normalized spacial score (nSPS) is 20.7. The van der Waals surface area contributed by atoms with Crippen molar-refractivity contribution in [2.75, 3.05) is 0 Å². The number of nitrogens with zero attached hydrogens (tertiary/aromatic N) is 1. The van der Waals surface area contributed by atoms with Crippen molar-refractivity contribution in [2.24, 2.45) is 5.92 Å². The zero-order chi connectivity index (χ0) is 18.1. The summed E-state index contributed by atoms with van der Waals surface area (Å²) >= 11 is 1.62. The number of carbonyl (C=O) groups excluding carboxylic acids is 1. The number of thiophene rings is 1. The molecule has 0 bridgehead atoms. The number of carbonyl (C=O) groups is 1. The lowest BCUT2D eigenvalue weighted by Gasteiger charge is -2.37. The van der Waals surface area contributed by atoms with Crippen molar-refractivity contribution in [2.45, 2.75) is 37.8 Å². The highest BCUT2D eigenvalue weighted by Gasteiger charge is 2.36. The summed E-state index contributed by atoms with van der Waals surface area (Å²) in [7, 11) is 0. The number of benzene rings is 1. The molecule has 0 spiro atoms. The average Bonchev–Trinajstić information content (AvgIpc) is 3.24. The molecule has 1 amide bonds. The first kappa shape index (κ1) is 17.2. The van der Waals surface area contributed by atoms with E-state index in [2.05, 4.69) is 15.3 Å². The first-order valence-electron chi connectivity index (χ1n) is 8.73. The lowest BCUT2D eigenvalue weighted by molar-refractivity contribution is -0.123. The van der Waals surface area contributed by atoms with Crippen molar-refractivity contribution in [3.8, 4) is 0 Å². The summed E-state index contributed by atoms with van der Waals surface area (Å²) in [5.74, 6) is 0.595. The Morgan fingerprint density at radius 1 is 1.42 bits per heavy atom. The molecule has 4 rings (SSSR count). The monoisotopic (exact) mass is 373 g/mol. The van der Waals surface area contributed by atoms with Crippen LogP contribution in [0.25, 0.3) is 11.0 Å². The number of hydrogen-bond acceptors (Lipinski definition) is 4. The van der Waals surface area contributed by atoms with Gasteiger partial charge < -0.3 is 15.4 Å². The summed E-state index contributed by atoms with van der Waals surface area (Å²) < 4.78 is 13.3. The summed E-state index contributed by atoms with van der Waals surface area (Å²) in [5, 5.41) is 14.7. The summed E-state index contributed by atoms with van der Waals surface area (Å²) in [4.78, 5) is 21.0. The maximum Gasteiger partial charge on any atom is 0.220 e. The van der Waals surface area contributed by atoms with Crippen molar-refractivity contribution >= 4 is 28.3 Å². The van der Waals surface area contributed by atoms with E-state index in [0.717, 1.165) is 17.7 Å². The first-order chi connectivity index (χ1) is 12.6. The molecule has 3 aromatic rings. The number of amides is 1. The van der Waals surface area contributed by atoms with Gasteiger partial charge in [-0.1, -0.05) is 6.07 Å². The zero-order valence-electron chi connectivity index (χ0n) is 14.1. The molecule has 0 saturated heterocycles. The van der Waals surface area contributed by atoms with Gasteiger partial charge in [0.2, 0.25) is 5.91 Å². The molecule has 3 N–H and O–H groups in total. The van der Waals surface area contributed by atoms with Crippen molar-refractivity contribution in [3.63, 3.8) is 0 Å². The van der Waals surface area contributed by atoms with E-state index in [9.17, 15) is 14.3 Å². The number of aliphatic hydroxyl groups is 1. The number of imidazole rings is 1. The maximum absolute atomic E-state index is 13.3. The summed E-state index contributed by atoms with van der Waals surface area (Å²) in [5.41, 5.74) is 1.34. The fraction of sp³-hybridized carbons (Fsp3) is 0.368. The second-order valence-electron chi connectivity index (χ2n) is 6.79. The Morgan fingerprint density at radius 3 is 3.00 bits per heavy atom. The van der Waals surface area contributed by atoms with Gasteiger partial charge in [0.25, 0.3) is 0 Å². The molecular weight excluding hydrogens is 353 g/mol. The van der Waals surface area contributed by atoms with Crippen LogP contribution in [-0.2, 0) is 11.2 Å². The van der Waals surface area contributed by atoms with Crippen LogP contribution in [0.5, 0.6) is 0 Å². The minimum absolute atomic E-state index is 0.0450. The molecule has 2 aromatic heterocycles. The van der Waals surface area contributed by atoms with Crippen LogP contribution >= 0.6 is 11.3 Å². The summed E-state index contributed by atoms with van der Waals surface area (Å²) in [6.07, 6.45) is 1.96. The van der Waals surface area contributed by atoms with Gasteiger partial charge >= 0.3 is 0 Å². The fourth-order valence-corrected chi connectivity index (χ4v) is 4.29. The van der Waals surface area contributed by atoms with Gasteiger partial charge in [-0.25, -0.2) is 9.37 Å². The number of H-pyrrole nitrogens is 1. The highest BCUT2D eigenvalue weighted by Crippen LogP contribution is 2.39. The Bertz CT molecular complexity index is 903. The third-order valence-electron chi connectivity index (χ3n) is 4.87. The molecule has 1 fully saturated rings. The number of halogens is 1. The van der Waals surface area contributed by atoms with Crippen LogP contribution < -0.4 is 5.32 Å². The molecule has 1 saturated carbocycles. The molecule has 26 heavy (non-hydrogen) atoms. The van der Waals surface area contributed by atoms with Gasteiger partial charge in [-0.3, -0.25) is 4.79 Å². The largest absolute Gasteiger partial charge is 0.393 e. The second kappa shape index (κ2) is 7.17. The third-order valence-corrected chi connectivity index (χ3v) is 5.82. The van der Waals surface area contributed by atoms with Crippen LogP contribution in [0, 0.1) is 11.7 Å². The Kier molecular flexibility index (Phi) is 4.74. The number of aromatic amines is 1. The van der Waals surface area contributed by atoms with Crippen LogP contribution in [0.1, 0.15) is 36.0 Å². The van der Waals surface area contributed by atoms with E-state index in [1.165, 1.54) is 12.1 Å². The van der Waals surface area contributed by atoms with Gasteiger partial charge in [0.1, 0.15) is 11.6 Å². The van der Waals surface area contributed by atoms with E-state index in [0.29, 0.717) is 29.7 Å². The molecule has 1 atom stereocenters. The summed E-state index contributed by atoms with van der Waals surface area (Å²) in [6, 6.07) is 8.35. The minimum Gasteiger partial charge on any atom is -0.393 e. The molecule has 5 nitrogen and oxygen atoms in total. The molecule has 2 heterocycles. The van der Waals surface area contributed by atoms with Crippen LogP contribution in [-0.4, -0.2) is 27.1 Å². The molecule has 1 aliphatic carbocycles. The molecule has 1 aliphatic rings. The van der Waals surface area contributed by atoms with Gasteiger partial charge in [0, 0.05) is 17.7 Å². The molecule has 7 heteroatoms. The van der Waals surface area contributed by atoms with E-state index >= 15 is 0 Å². The van der Waals surface area contributed by atoms with E-state index < -0.39 is 0 Å². The number of aromatic nitrogens is 2. The Hall–Kier alpha value is -2.25. The number of aryl methyl sites for hydroxylation is 1. The average molecular weight is 373 g/mol. The number of aliphatic hydroxyl groups excluding tert-OH is 1. The Balaban J connectivity index is 1.38.